The Morgan fingerprint density at radius 3 is 2.50 bits per heavy atom. The van der Waals surface area contributed by atoms with Crippen molar-refractivity contribution in [1.82, 2.24) is 15.6 Å². The molecule has 0 bridgehead atoms. The molecule has 3 heteroatoms. The third-order valence-electron chi connectivity index (χ3n) is 3.08. The molecule has 0 aliphatic heterocycles. The molecule has 0 aliphatic carbocycles. The first kappa shape index (κ1) is 13.1. The maximum absolute atomic E-state index is 4.19. The second kappa shape index (κ2) is 6.61. The first-order valence-electron chi connectivity index (χ1n) is 5.92. The van der Waals surface area contributed by atoms with Crippen molar-refractivity contribution in [1.29, 1.82) is 0 Å². The van der Waals surface area contributed by atoms with E-state index in [9.17, 15) is 0 Å². The first-order valence-corrected chi connectivity index (χ1v) is 5.92. The predicted molar refractivity (Wildman–Crippen MR) is 68.3 cm³/mol. The summed E-state index contributed by atoms with van der Waals surface area (Å²) in [6.45, 7) is 5.55. The van der Waals surface area contributed by atoms with Gasteiger partial charge in [0, 0.05) is 18.4 Å². The highest BCUT2D eigenvalue weighted by atomic mass is 14.9. The fourth-order valence-corrected chi connectivity index (χ4v) is 2.16. The normalized spacial score (nSPS) is 15.1. The number of nitrogens with zero attached hydrogens (tertiary/aromatic N) is 1. The first-order chi connectivity index (χ1) is 7.70. The summed E-state index contributed by atoms with van der Waals surface area (Å²) in [5.74, 6) is 1.20. The molecule has 3 nitrogen and oxygen atoms in total. The lowest BCUT2D eigenvalue weighted by molar-refractivity contribution is 0.284. The minimum Gasteiger partial charge on any atom is -0.319 e. The van der Waals surface area contributed by atoms with Crippen LogP contribution < -0.4 is 10.6 Å². The van der Waals surface area contributed by atoms with E-state index >= 15 is 0 Å². The average Bonchev–Trinajstić information content (AvgIpc) is 2.30. The molecule has 16 heavy (non-hydrogen) atoms. The van der Waals surface area contributed by atoms with E-state index in [1.54, 1.807) is 0 Å². The lowest BCUT2D eigenvalue weighted by Crippen LogP contribution is -2.35. The van der Waals surface area contributed by atoms with E-state index in [1.807, 2.05) is 32.6 Å². The van der Waals surface area contributed by atoms with Gasteiger partial charge in [-0.3, -0.25) is 4.98 Å². The highest BCUT2D eigenvalue weighted by molar-refractivity contribution is 5.15. The molecule has 0 saturated heterocycles. The summed E-state index contributed by atoms with van der Waals surface area (Å²) in [6.07, 6.45) is 3.77. The number of pyridine rings is 1. The van der Waals surface area contributed by atoms with Crippen LogP contribution in [-0.4, -0.2) is 25.6 Å². The van der Waals surface area contributed by atoms with E-state index < -0.39 is 0 Å². The van der Waals surface area contributed by atoms with Crippen LogP contribution in [0.4, 0.5) is 0 Å². The van der Waals surface area contributed by atoms with Gasteiger partial charge in [0.25, 0.3) is 0 Å². The quantitative estimate of drug-likeness (QED) is 0.769. The fraction of sp³-hybridized carbons (Fsp3) is 0.615. The Balaban J connectivity index is 2.86. The van der Waals surface area contributed by atoms with E-state index in [1.165, 1.54) is 5.56 Å². The molecule has 0 amide bonds. The van der Waals surface area contributed by atoms with Gasteiger partial charge < -0.3 is 10.6 Å². The van der Waals surface area contributed by atoms with Crippen molar-refractivity contribution in [2.45, 2.75) is 19.9 Å². The zero-order valence-electron chi connectivity index (χ0n) is 10.7. The Morgan fingerprint density at radius 1 is 1.31 bits per heavy atom. The van der Waals surface area contributed by atoms with E-state index in [0.29, 0.717) is 17.9 Å². The van der Waals surface area contributed by atoms with Crippen LogP contribution in [0.1, 0.15) is 25.5 Å². The molecule has 1 heterocycles. The number of nitrogens with one attached hydrogen (secondary N) is 2. The Morgan fingerprint density at radius 2 is 2.06 bits per heavy atom. The summed E-state index contributed by atoms with van der Waals surface area (Å²) in [5.41, 5.74) is 1.26. The summed E-state index contributed by atoms with van der Waals surface area (Å²) >= 11 is 0. The van der Waals surface area contributed by atoms with Gasteiger partial charge in [0.05, 0.1) is 0 Å². The average molecular weight is 221 g/mol. The summed E-state index contributed by atoms with van der Waals surface area (Å²) in [6, 6.07) is 4.50. The van der Waals surface area contributed by atoms with Gasteiger partial charge >= 0.3 is 0 Å². The van der Waals surface area contributed by atoms with Crippen molar-refractivity contribution in [3.8, 4) is 0 Å². The van der Waals surface area contributed by atoms with Gasteiger partial charge in [-0.05, 0) is 44.1 Å². The third kappa shape index (κ3) is 3.29. The number of hydrogen-bond donors (Lipinski definition) is 2. The van der Waals surface area contributed by atoms with Gasteiger partial charge in [0.15, 0.2) is 0 Å². The zero-order valence-corrected chi connectivity index (χ0v) is 10.7. The third-order valence-corrected chi connectivity index (χ3v) is 3.08. The van der Waals surface area contributed by atoms with Crippen LogP contribution in [-0.2, 0) is 0 Å². The molecule has 1 aromatic rings. The molecule has 1 aromatic heterocycles. The summed E-state index contributed by atoms with van der Waals surface area (Å²) in [7, 11) is 4.02. The van der Waals surface area contributed by atoms with Gasteiger partial charge in [-0.2, -0.15) is 0 Å². The van der Waals surface area contributed by atoms with Crippen molar-refractivity contribution >= 4 is 0 Å². The largest absolute Gasteiger partial charge is 0.319 e. The lowest BCUT2D eigenvalue weighted by Gasteiger charge is -2.30. The smallest absolute Gasteiger partial charge is 0.0376 e. The van der Waals surface area contributed by atoms with Gasteiger partial charge in [-0.15, -0.1) is 0 Å². The number of hydrogen-bond acceptors (Lipinski definition) is 3. The van der Waals surface area contributed by atoms with E-state index in [0.717, 1.165) is 6.54 Å². The van der Waals surface area contributed by atoms with Crippen molar-refractivity contribution in [3.05, 3.63) is 30.1 Å². The van der Waals surface area contributed by atoms with Crippen molar-refractivity contribution in [2.75, 3.05) is 20.6 Å². The summed E-state index contributed by atoms with van der Waals surface area (Å²) < 4.78 is 0. The Bertz CT molecular complexity index is 284. The second-order valence-electron chi connectivity index (χ2n) is 4.52. The lowest BCUT2D eigenvalue weighted by atomic mass is 9.85. The molecule has 0 spiro atoms. The van der Waals surface area contributed by atoms with Crippen LogP contribution in [0.15, 0.2) is 24.5 Å². The molecule has 1 rings (SSSR count). The highest BCUT2D eigenvalue weighted by Crippen LogP contribution is 2.26. The van der Waals surface area contributed by atoms with Crippen molar-refractivity contribution in [3.63, 3.8) is 0 Å². The molecule has 0 fully saturated rings. The molecule has 90 valence electrons. The van der Waals surface area contributed by atoms with E-state index in [-0.39, 0.29) is 0 Å². The maximum atomic E-state index is 4.19. The Labute approximate surface area is 98.7 Å². The molecule has 0 radical (unpaired) electrons. The molecule has 2 atom stereocenters. The molecule has 2 N–H and O–H groups in total. The van der Waals surface area contributed by atoms with Gasteiger partial charge in [0.1, 0.15) is 0 Å². The monoisotopic (exact) mass is 221 g/mol. The summed E-state index contributed by atoms with van der Waals surface area (Å²) in [5, 5.41) is 6.68. The van der Waals surface area contributed by atoms with Gasteiger partial charge in [-0.1, -0.05) is 19.9 Å². The predicted octanol–water partition coefficient (Wildman–Crippen LogP) is 1.83. The SMILES string of the molecule is CNCC(C(C)C)C(NC)c1cccnc1. The summed E-state index contributed by atoms with van der Waals surface area (Å²) in [4.78, 5) is 4.19. The second-order valence-corrected chi connectivity index (χ2v) is 4.52. The minimum absolute atomic E-state index is 0.362. The van der Waals surface area contributed by atoms with Crippen LogP contribution in [0.2, 0.25) is 0 Å². The molecule has 2 unspecified atom stereocenters. The van der Waals surface area contributed by atoms with Gasteiger partial charge in [-0.25, -0.2) is 0 Å². The van der Waals surface area contributed by atoms with Crippen LogP contribution >= 0.6 is 0 Å². The minimum atomic E-state index is 0.362. The van der Waals surface area contributed by atoms with Gasteiger partial charge in [0.2, 0.25) is 0 Å². The Hall–Kier alpha value is -0.930. The fourth-order valence-electron chi connectivity index (χ4n) is 2.16. The van der Waals surface area contributed by atoms with Crippen LogP contribution in [0.25, 0.3) is 0 Å². The maximum Gasteiger partial charge on any atom is 0.0376 e. The Kier molecular flexibility index (Phi) is 5.43. The molecular weight excluding hydrogens is 198 g/mol. The zero-order chi connectivity index (χ0) is 12.0. The van der Waals surface area contributed by atoms with Crippen LogP contribution in [0.5, 0.6) is 0 Å². The number of aromatic nitrogens is 1. The van der Waals surface area contributed by atoms with Crippen molar-refractivity contribution < 1.29 is 0 Å². The van der Waals surface area contributed by atoms with Crippen LogP contribution in [0.3, 0.4) is 0 Å². The molecule has 0 saturated carbocycles. The topological polar surface area (TPSA) is 37.0 Å². The molecule has 0 aromatic carbocycles. The van der Waals surface area contributed by atoms with E-state index in [4.69, 9.17) is 0 Å². The van der Waals surface area contributed by atoms with Crippen LogP contribution in [0, 0.1) is 11.8 Å². The van der Waals surface area contributed by atoms with Crippen molar-refractivity contribution in [2.24, 2.45) is 11.8 Å². The highest BCUT2D eigenvalue weighted by Gasteiger charge is 2.23. The number of rotatable bonds is 6. The molecule has 0 aliphatic rings. The molecular formula is C13H23N3. The standard InChI is InChI=1S/C13H23N3/c1-10(2)12(9-14-3)13(15-4)11-6-5-7-16-8-11/h5-8,10,12-15H,9H2,1-4H3. The van der Waals surface area contributed by atoms with E-state index in [2.05, 4.69) is 35.5 Å².